The van der Waals surface area contributed by atoms with Crippen molar-refractivity contribution in [3.8, 4) is 0 Å². The Balaban J connectivity index is 1.69. The average molecular weight is 396 g/mol. The number of rotatable bonds is 7. The summed E-state index contributed by atoms with van der Waals surface area (Å²) in [4.78, 5) is 14.0. The summed E-state index contributed by atoms with van der Waals surface area (Å²) in [5.41, 5.74) is 2.35. The van der Waals surface area contributed by atoms with Gasteiger partial charge < -0.3 is 5.32 Å². The summed E-state index contributed by atoms with van der Waals surface area (Å²) in [5, 5.41) is 3.68. The van der Waals surface area contributed by atoms with E-state index in [1.54, 1.807) is 0 Å². The average Bonchev–Trinajstić information content (AvgIpc) is 2.51. The van der Waals surface area contributed by atoms with E-state index in [2.05, 4.69) is 33.4 Å². The predicted molar refractivity (Wildman–Crippen MR) is 98.6 cm³/mol. The maximum absolute atomic E-state index is 12.0. The molecular formula is C18H20BrClN2O. The molecule has 0 aromatic heterocycles. The van der Waals surface area contributed by atoms with Crippen molar-refractivity contribution in [2.75, 3.05) is 20.1 Å². The summed E-state index contributed by atoms with van der Waals surface area (Å²) in [6.45, 7) is 1.77. The van der Waals surface area contributed by atoms with Crippen LogP contribution in [0.3, 0.4) is 0 Å². The lowest BCUT2D eigenvalue weighted by molar-refractivity contribution is -0.122. The van der Waals surface area contributed by atoms with Crippen LogP contribution >= 0.6 is 27.5 Å². The highest BCUT2D eigenvalue weighted by Gasteiger charge is 2.07. The number of halogens is 2. The summed E-state index contributed by atoms with van der Waals surface area (Å²) in [7, 11) is 1.95. The number of nitrogens with one attached hydrogen (secondary N) is 1. The normalized spacial score (nSPS) is 10.8. The summed E-state index contributed by atoms with van der Waals surface area (Å²) in [6.07, 6.45) is 0.805. The van der Waals surface area contributed by atoms with E-state index in [1.165, 1.54) is 5.56 Å². The molecule has 0 radical (unpaired) electrons. The van der Waals surface area contributed by atoms with Crippen LogP contribution in [0, 0.1) is 0 Å². The molecule has 5 heteroatoms. The molecule has 0 atom stereocenters. The number of amides is 1. The van der Waals surface area contributed by atoms with Crippen molar-refractivity contribution in [2.45, 2.75) is 13.0 Å². The van der Waals surface area contributed by atoms with Crippen molar-refractivity contribution in [1.29, 1.82) is 0 Å². The molecule has 0 heterocycles. The molecule has 1 amide bonds. The van der Waals surface area contributed by atoms with Gasteiger partial charge in [0.25, 0.3) is 0 Å². The van der Waals surface area contributed by atoms with Crippen LogP contribution < -0.4 is 5.32 Å². The third kappa shape index (κ3) is 6.73. The summed E-state index contributed by atoms with van der Waals surface area (Å²) < 4.78 is 1.06. The van der Waals surface area contributed by atoms with Crippen LogP contribution in [0.25, 0.3) is 0 Å². The van der Waals surface area contributed by atoms with Gasteiger partial charge in [0, 0.05) is 22.6 Å². The molecule has 0 aliphatic heterocycles. The van der Waals surface area contributed by atoms with Crippen LogP contribution in [0.5, 0.6) is 0 Å². The molecule has 1 N–H and O–H groups in total. The van der Waals surface area contributed by atoms with E-state index < -0.39 is 0 Å². The standard InChI is InChI=1S/C18H20BrClN2O/c1-22(12-15-2-6-16(19)7-3-15)13-18(23)21-11-10-14-4-8-17(20)9-5-14/h2-9H,10-13H2,1H3,(H,21,23). The minimum atomic E-state index is 0.0403. The predicted octanol–water partition coefficient (Wildman–Crippen LogP) is 3.89. The largest absolute Gasteiger partial charge is 0.355 e. The Hall–Kier alpha value is -1.36. The van der Waals surface area contributed by atoms with Gasteiger partial charge in [-0.25, -0.2) is 0 Å². The SMILES string of the molecule is CN(CC(=O)NCCc1ccc(Cl)cc1)Cc1ccc(Br)cc1. The molecule has 23 heavy (non-hydrogen) atoms. The molecular weight excluding hydrogens is 376 g/mol. The molecule has 0 unspecified atom stereocenters. The molecule has 0 saturated carbocycles. The van der Waals surface area contributed by atoms with Crippen LogP contribution in [0.1, 0.15) is 11.1 Å². The molecule has 0 saturated heterocycles. The minimum absolute atomic E-state index is 0.0403. The van der Waals surface area contributed by atoms with Gasteiger partial charge in [-0.3, -0.25) is 9.69 Å². The lowest BCUT2D eigenvalue weighted by atomic mass is 10.1. The smallest absolute Gasteiger partial charge is 0.234 e. The van der Waals surface area contributed by atoms with Crippen LogP contribution in [-0.2, 0) is 17.8 Å². The van der Waals surface area contributed by atoms with E-state index in [4.69, 9.17) is 11.6 Å². The van der Waals surface area contributed by atoms with Gasteiger partial charge in [0.1, 0.15) is 0 Å². The maximum atomic E-state index is 12.0. The fraction of sp³-hybridized carbons (Fsp3) is 0.278. The Labute approximate surface area is 150 Å². The van der Waals surface area contributed by atoms with E-state index in [-0.39, 0.29) is 5.91 Å². The Morgan fingerprint density at radius 3 is 2.35 bits per heavy atom. The summed E-state index contributed by atoms with van der Waals surface area (Å²) in [5.74, 6) is 0.0403. The van der Waals surface area contributed by atoms with E-state index in [0.717, 1.165) is 28.0 Å². The minimum Gasteiger partial charge on any atom is -0.355 e. The monoisotopic (exact) mass is 394 g/mol. The second kappa shape index (κ2) is 9.06. The zero-order valence-corrected chi connectivity index (χ0v) is 15.4. The van der Waals surface area contributed by atoms with Crippen LogP contribution in [0.4, 0.5) is 0 Å². The van der Waals surface area contributed by atoms with Gasteiger partial charge in [-0.1, -0.05) is 51.8 Å². The molecule has 3 nitrogen and oxygen atoms in total. The lowest BCUT2D eigenvalue weighted by Gasteiger charge is -2.16. The third-order valence-electron chi connectivity index (χ3n) is 3.43. The molecule has 0 bridgehead atoms. The second-order valence-corrected chi connectivity index (χ2v) is 6.88. The first-order valence-corrected chi connectivity index (χ1v) is 8.64. The van der Waals surface area contributed by atoms with E-state index in [1.807, 2.05) is 48.3 Å². The summed E-state index contributed by atoms with van der Waals surface area (Å²) in [6, 6.07) is 15.8. The van der Waals surface area contributed by atoms with Crippen molar-refractivity contribution < 1.29 is 4.79 Å². The zero-order chi connectivity index (χ0) is 16.7. The van der Waals surface area contributed by atoms with Crippen molar-refractivity contribution >= 4 is 33.4 Å². The Morgan fingerprint density at radius 2 is 1.70 bits per heavy atom. The van der Waals surface area contributed by atoms with Crippen molar-refractivity contribution in [3.05, 3.63) is 69.2 Å². The highest BCUT2D eigenvalue weighted by atomic mass is 79.9. The van der Waals surface area contributed by atoms with Gasteiger partial charge in [0.2, 0.25) is 5.91 Å². The fourth-order valence-electron chi connectivity index (χ4n) is 2.26. The van der Waals surface area contributed by atoms with Gasteiger partial charge in [0.15, 0.2) is 0 Å². The first-order valence-electron chi connectivity index (χ1n) is 7.47. The molecule has 2 aromatic carbocycles. The van der Waals surface area contributed by atoms with Crippen LogP contribution in [0.2, 0.25) is 5.02 Å². The molecule has 0 aliphatic rings. The molecule has 0 fully saturated rings. The fourth-order valence-corrected chi connectivity index (χ4v) is 2.65. The first kappa shape index (κ1) is 18.0. The molecule has 2 aromatic rings. The second-order valence-electron chi connectivity index (χ2n) is 5.53. The van der Waals surface area contributed by atoms with Crippen LogP contribution in [-0.4, -0.2) is 30.9 Å². The van der Waals surface area contributed by atoms with Gasteiger partial charge in [-0.15, -0.1) is 0 Å². The van der Waals surface area contributed by atoms with Crippen LogP contribution in [0.15, 0.2) is 53.0 Å². The third-order valence-corrected chi connectivity index (χ3v) is 4.21. The number of likely N-dealkylation sites (N-methyl/N-ethyl adjacent to an activating group) is 1. The topological polar surface area (TPSA) is 32.3 Å². The number of hydrogen-bond donors (Lipinski definition) is 1. The Bertz CT molecular complexity index is 628. The molecule has 122 valence electrons. The summed E-state index contributed by atoms with van der Waals surface area (Å²) >= 11 is 9.27. The van der Waals surface area contributed by atoms with Crippen molar-refractivity contribution in [2.24, 2.45) is 0 Å². The van der Waals surface area contributed by atoms with Gasteiger partial charge in [-0.05, 0) is 48.9 Å². The Morgan fingerprint density at radius 1 is 1.09 bits per heavy atom. The zero-order valence-electron chi connectivity index (χ0n) is 13.1. The van der Waals surface area contributed by atoms with Crippen molar-refractivity contribution in [3.63, 3.8) is 0 Å². The van der Waals surface area contributed by atoms with Crippen molar-refractivity contribution in [1.82, 2.24) is 10.2 Å². The quantitative estimate of drug-likeness (QED) is 0.771. The van der Waals surface area contributed by atoms with Gasteiger partial charge in [-0.2, -0.15) is 0 Å². The lowest BCUT2D eigenvalue weighted by Crippen LogP contribution is -2.35. The number of hydrogen-bond acceptors (Lipinski definition) is 2. The number of carbonyl (C=O) groups is 1. The van der Waals surface area contributed by atoms with E-state index in [9.17, 15) is 4.79 Å². The van der Waals surface area contributed by atoms with E-state index >= 15 is 0 Å². The first-order chi connectivity index (χ1) is 11.0. The highest BCUT2D eigenvalue weighted by Crippen LogP contribution is 2.12. The number of benzene rings is 2. The van der Waals surface area contributed by atoms with E-state index in [0.29, 0.717) is 13.1 Å². The molecule has 2 rings (SSSR count). The molecule has 0 aliphatic carbocycles. The highest BCUT2D eigenvalue weighted by molar-refractivity contribution is 9.10. The number of carbonyl (C=O) groups excluding carboxylic acids is 1. The Kier molecular flexibility index (Phi) is 7.09. The van der Waals surface area contributed by atoms with Gasteiger partial charge in [0.05, 0.1) is 6.54 Å². The molecule has 0 spiro atoms. The number of nitrogens with zero attached hydrogens (tertiary/aromatic N) is 1. The maximum Gasteiger partial charge on any atom is 0.234 e. The van der Waals surface area contributed by atoms with Gasteiger partial charge >= 0.3 is 0 Å².